The van der Waals surface area contributed by atoms with Gasteiger partial charge < -0.3 is 4.74 Å². The Labute approximate surface area is 121 Å². The van der Waals surface area contributed by atoms with Gasteiger partial charge in [0.05, 0.1) is 5.54 Å². The SMILES string of the molecule is C=C1C(=NC(C)(C)CC)Oc2cc3c(cc21)CCCC3. The standard InChI is InChI=1S/C18H23NO/c1-5-18(3,4)19-17-12(2)15-10-13-8-6-7-9-14(13)11-16(15)20-17/h10-11H,2,5-9H2,1,3-4H3. The summed E-state index contributed by atoms with van der Waals surface area (Å²) < 4.78 is 5.97. The van der Waals surface area contributed by atoms with Crippen molar-refractivity contribution in [3.63, 3.8) is 0 Å². The maximum Gasteiger partial charge on any atom is 0.222 e. The minimum Gasteiger partial charge on any atom is -0.438 e. The summed E-state index contributed by atoms with van der Waals surface area (Å²) in [7, 11) is 0. The van der Waals surface area contributed by atoms with Gasteiger partial charge >= 0.3 is 0 Å². The predicted octanol–water partition coefficient (Wildman–Crippen LogP) is 4.56. The molecular formula is C18H23NO. The Morgan fingerprint density at radius 1 is 1.20 bits per heavy atom. The number of fused-ring (bicyclic) bond motifs is 2. The first kappa shape index (κ1) is 13.4. The van der Waals surface area contributed by atoms with Crippen molar-refractivity contribution in [3.05, 3.63) is 35.4 Å². The van der Waals surface area contributed by atoms with Crippen LogP contribution in [-0.4, -0.2) is 11.4 Å². The highest BCUT2D eigenvalue weighted by Crippen LogP contribution is 2.38. The van der Waals surface area contributed by atoms with Gasteiger partial charge in [0.1, 0.15) is 5.75 Å². The zero-order valence-corrected chi connectivity index (χ0v) is 12.8. The molecule has 2 aliphatic rings. The van der Waals surface area contributed by atoms with Crippen LogP contribution in [0.3, 0.4) is 0 Å². The molecule has 0 fully saturated rings. The summed E-state index contributed by atoms with van der Waals surface area (Å²) in [5.41, 5.74) is 4.89. The highest BCUT2D eigenvalue weighted by atomic mass is 16.5. The second kappa shape index (κ2) is 4.76. The van der Waals surface area contributed by atoms with Crippen molar-refractivity contribution in [1.82, 2.24) is 0 Å². The molecule has 2 heteroatoms. The zero-order valence-electron chi connectivity index (χ0n) is 12.8. The first-order valence-corrected chi connectivity index (χ1v) is 7.63. The van der Waals surface area contributed by atoms with E-state index < -0.39 is 0 Å². The lowest BCUT2D eigenvalue weighted by atomic mass is 9.89. The van der Waals surface area contributed by atoms with Crippen molar-refractivity contribution in [3.8, 4) is 5.75 Å². The molecule has 0 spiro atoms. The zero-order chi connectivity index (χ0) is 14.3. The number of rotatable bonds is 2. The molecule has 1 aliphatic heterocycles. The van der Waals surface area contributed by atoms with Crippen LogP contribution in [0.4, 0.5) is 0 Å². The number of hydrogen-bond acceptors (Lipinski definition) is 2. The number of hydrogen-bond donors (Lipinski definition) is 0. The number of aryl methyl sites for hydroxylation is 2. The van der Waals surface area contributed by atoms with Gasteiger partial charge in [-0.3, -0.25) is 0 Å². The molecule has 20 heavy (non-hydrogen) atoms. The van der Waals surface area contributed by atoms with Crippen LogP contribution in [0.1, 0.15) is 56.7 Å². The van der Waals surface area contributed by atoms with E-state index >= 15 is 0 Å². The first-order valence-electron chi connectivity index (χ1n) is 7.63. The van der Waals surface area contributed by atoms with Crippen LogP contribution in [0.15, 0.2) is 23.7 Å². The average molecular weight is 269 g/mol. The fourth-order valence-corrected chi connectivity index (χ4v) is 2.81. The summed E-state index contributed by atoms with van der Waals surface area (Å²) in [6, 6.07) is 4.48. The molecule has 0 bridgehead atoms. The lowest BCUT2D eigenvalue weighted by Crippen LogP contribution is -2.19. The van der Waals surface area contributed by atoms with Crippen LogP contribution in [0.5, 0.6) is 5.75 Å². The van der Waals surface area contributed by atoms with Crippen LogP contribution in [0, 0.1) is 0 Å². The molecule has 0 N–H and O–H groups in total. The molecule has 1 aromatic rings. The molecule has 0 saturated carbocycles. The molecule has 0 saturated heterocycles. The third-order valence-corrected chi connectivity index (χ3v) is 4.50. The fraction of sp³-hybridized carbons (Fsp3) is 0.500. The molecule has 1 aromatic carbocycles. The second-order valence-electron chi connectivity index (χ2n) is 6.49. The number of benzene rings is 1. The van der Waals surface area contributed by atoms with E-state index in [0.717, 1.165) is 23.3 Å². The van der Waals surface area contributed by atoms with E-state index in [9.17, 15) is 0 Å². The topological polar surface area (TPSA) is 21.6 Å². The van der Waals surface area contributed by atoms with Gasteiger partial charge in [-0.15, -0.1) is 0 Å². The first-order chi connectivity index (χ1) is 9.50. The van der Waals surface area contributed by atoms with Gasteiger partial charge in [0.2, 0.25) is 5.90 Å². The van der Waals surface area contributed by atoms with Crippen molar-refractivity contribution in [2.24, 2.45) is 4.99 Å². The minimum absolute atomic E-state index is 0.0973. The Balaban J connectivity index is 1.99. The lowest BCUT2D eigenvalue weighted by molar-refractivity contribution is 0.479. The summed E-state index contributed by atoms with van der Waals surface area (Å²) >= 11 is 0. The van der Waals surface area contributed by atoms with Gasteiger partial charge in [-0.05, 0) is 69.2 Å². The van der Waals surface area contributed by atoms with Crippen molar-refractivity contribution in [2.75, 3.05) is 0 Å². The van der Waals surface area contributed by atoms with Gasteiger partial charge in [-0.25, -0.2) is 4.99 Å². The summed E-state index contributed by atoms with van der Waals surface area (Å²) in [6.45, 7) is 10.6. The van der Waals surface area contributed by atoms with Crippen molar-refractivity contribution >= 4 is 11.5 Å². The Morgan fingerprint density at radius 2 is 1.85 bits per heavy atom. The maximum atomic E-state index is 5.97. The van der Waals surface area contributed by atoms with E-state index in [1.807, 2.05) is 0 Å². The Hall–Kier alpha value is -1.57. The van der Waals surface area contributed by atoms with Gasteiger partial charge in [-0.2, -0.15) is 0 Å². The molecule has 106 valence electrons. The van der Waals surface area contributed by atoms with Crippen LogP contribution in [0.2, 0.25) is 0 Å². The largest absolute Gasteiger partial charge is 0.438 e. The summed E-state index contributed by atoms with van der Waals surface area (Å²) in [5.74, 6) is 1.65. The summed E-state index contributed by atoms with van der Waals surface area (Å²) in [5, 5.41) is 0. The van der Waals surface area contributed by atoms with E-state index in [2.05, 4.69) is 39.5 Å². The minimum atomic E-state index is -0.0973. The normalized spacial score (nSPS) is 19.8. The van der Waals surface area contributed by atoms with Crippen LogP contribution >= 0.6 is 0 Å². The number of nitrogens with zero attached hydrogens (tertiary/aromatic N) is 1. The molecular weight excluding hydrogens is 246 g/mol. The third kappa shape index (κ3) is 2.28. The Kier molecular flexibility index (Phi) is 3.19. The molecule has 0 radical (unpaired) electrons. The van der Waals surface area contributed by atoms with E-state index in [-0.39, 0.29) is 5.54 Å². The molecule has 2 nitrogen and oxygen atoms in total. The van der Waals surface area contributed by atoms with Crippen LogP contribution in [-0.2, 0) is 12.8 Å². The molecule has 1 heterocycles. The fourth-order valence-electron chi connectivity index (χ4n) is 2.81. The van der Waals surface area contributed by atoms with Crippen molar-refractivity contribution in [1.29, 1.82) is 0 Å². The lowest BCUT2D eigenvalue weighted by Gasteiger charge is -2.17. The molecule has 0 atom stereocenters. The highest BCUT2D eigenvalue weighted by Gasteiger charge is 2.28. The van der Waals surface area contributed by atoms with Crippen molar-refractivity contribution < 1.29 is 4.74 Å². The third-order valence-electron chi connectivity index (χ3n) is 4.50. The van der Waals surface area contributed by atoms with Crippen LogP contribution < -0.4 is 4.74 Å². The monoisotopic (exact) mass is 269 g/mol. The molecule has 0 aromatic heterocycles. The summed E-state index contributed by atoms with van der Waals surface area (Å²) in [4.78, 5) is 4.74. The maximum absolute atomic E-state index is 5.97. The van der Waals surface area contributed by atoms with E-state index in [0.29, 0.717) is 5.90 Å². The van der Waals surface area contributed by atoms with Crippen LogP contribution in [0.25, 0.3) is 5.57 Å². The quantitative estimate of drug-likeness (QED) is 0.771. The summed E-state index contributed by atoms with van der Waals surface area (Å²) in [6.07, 6.45) is 5.92. The molecule has 1 aliphatic carbocycles. The van der Waals surface area contributed by atoms with Crippen molar-refractivity contribution in [2.45, 2.75) is 58.4 Å². The van der Waals surface area contributed by atoms with Gasteiger partial charge in [-0.1, -0.05) is 13.5 Å². The molecule has 0 amide bonds. The average Bonchev–Trinajstić information content (AvgIpc) is 2.72. The van der Waals surface area contributed by atoms with E-state index in [1.54, 1.807) is 0 Å². The Bertz CT molecular complexity index is 596. The van der Waals surface area contributed by atoms with E-state index in [4.69, 9.17) is 9.73 Å². The number of ether oxygens (including phenoxy) is 1. The smallest absolute Gasteiger partial charge is 0.222 e. The highest BCUT2D eigenvalue weighted by molar-refractivity contribution is 6.23. The number of aliphatic imine (C=N–C) groups is 1. The van der Waals surface area contributed by atoms with Gasteiger partial charge in [0.25, 0.3) is 0 Å². The van der Waals surface area contributed by atoms with E-state index in [1.165, 1.54) is 36.8 Å². The van der Waals surface area contributed by atoms with Gasteiger partial charge in [0, 0.05) is 11.1 Å². The molecule has 3 rings (SSSR count). The predicted molar refractivity (Wildman–Crippen MR) is 84.6 cm³/mol. The molecule has 0 unspecified atom stereocenters. The van der Waals surface area contributed by atoms with Gasteiger partial charge in [0.15, 0.2) is 0 Å². The Morgan fingerprint density at radius 3 is 2.50 bits per heavy atom. The second-order valence-corrected chi connectivity index (χ2v) is 6.49.